The van der Waals surface area contributed by atoms with Crippen LogP contribution < -0.4 is 10.1 Å². The number of thiazole rings is 1. The van der Waals surface area contributed by atoms with Gasteiger partial charge in [0.1, 0.15) is 28.5 Å². The number of piperidine rings is 1. The fourth-order valence-electron chi connectivity index (χ4n) is 4.42. The van der Waals surface area contributed by atoms with Crippen LogP contribution in [0.25, 0.3) is 11.3 Å². The molecular formula is C27H25ClN4O4S. The normalized spacial score (nSPS) is 14.0. The van der Waals surface area contributed by atoms with Crippen LogP contribution in [0.4, 0.5) is 5.69 Å². The molecular weight excluding hydrogens is 512 g/mol. The molecule has 1 aliphatic heterocycles. The number of nitrogens with one attached hydrogen (secondary N) is 1. The lowest BCUT2D eigenvalue weighted by Gasteiger charge is -2.31. The van der Waals surface area contributed by atoms with Crippen LogP contribution in [0.15, 0.2) is 58.4 Å². The van der Waals surface area contributed by atoms with Crippen molar-refractivity contribution in [1.82, 2.24) is 15.0 Å². The number of halogens is 1. The van der Waals surface area contributed by atoms with Crippen LogP contribution in [0.5, 0.6) is 5.75 Å². The number of amides is 2. The lowest BCUT2D eigenvalue weighted by molar-refractivity contribution is 0.0711. The Hall–Kier alpha value is -3.69. The van der Waals surface area contributed by atoms with Gasteiger partial charge in [-0.1, -0.05) is 47.1 Å². The Labute approximate surface area is 223 Å². The van der Waals surface area contributed by atoms with Crippen molar-refractivity contribution in [3.63, 3.8) is 0 Å². The quantitative estimate of drug-likeness (QED) is 0.322. The van der Waals surface area contributed by atoms with Crippen molar-refractivity contribution in [2.45, 2.75) is 25.7 Å². The molecule has 8 nitrogen and oxygen atoms in total. The number of aryl methyl sites for hydroxylation is 1. The molecule has 0 radical (unpaired) electrons. The minimum atomic E-state index is -0.298. The summed E-state index contributed by atoms with van der Waals surface area (Å²) in [5.74, 6) is 0.861. The predicted molar refractivity (Wildman–Crippen MR) is 143 cm³/mol. The van der Waals surface area contributed by atoms with Gasteiger partial charge in [0.15, 0.2) is 0 Å². The molecule has 2 aromatic heterocycles. The molecule has 190 valence electrons. The Morgan fingerprint density at radius 1 is 1.16 bits per heavy atom. The number of likely N-dealkylation sites (tertiary alicyclic amines) is 1. The maximum Gasteiger partial charge on any atom is 0.275 e. The molecule has 1 aliphatic rings. The molecule has 0 atom stereocenters. The minimum absolute atomic E-state index is 0.0755. The van der Waals surface area contributed by atoms with E-state index < -0.39 is 0 Å². The van der Waals surface area contributed by atoms with E-state index in [1.165, 1.54) is 18.4 Å². The molecule has 0 saturated carbocycles. The fraction of sp³-hybridized carbons (Fsp3) is 0.259. The number of hydrogen-bond donors (Lipinski definition) is 1. The van der Waals surface area contributed by atoms with E-state index in [-0.39, 0.29) is 17.7 Å². The smallest absolute Gasteiger partial charge is 0.275 e. The zero-order valence-electron chi connectivity index (χ0n) is 20.4. The standard InChI is InChI=1S/C27H25ClN4O4S/c1-16-23(24(31-36-16)17-6-4-3-5-7-17)27(34)32-12-10-18(11-13-32)26-30-21(15-37-26)25(33)29-19-8-9-22(35-2)20(28)14-19/h3-9,14-15,18H,10-13H2,1-2H3,(H,29,33). The Morgan fingerprint density at radius 2 is 1.92 bits per heavy atom. The van der Waals surface area contributed by atoms with Gasteiger partial charge in [-0.3, -0.25) is 9.59 Å². The molecule has 1 saturated heterocycles. The number of aromatic nitrogens is 2. The van der Waals surface area contributed by atoms with Crippen molar-refractivity contribution in [2.75, 3.05) is 25.5 Å². The molecule has 0 spiro atoms. The highest BCUT2D eigenvalue weighted by Crippen LogP contribution is 2.33. The number of anilines is 1. The first-order chi connectivity index (χ1) is 17.9. The summed E-state index contributed by atoms with van der Waals surface area (Å²) in [6.07, 6.45) is 1.53. The number of carbonyl (C=O) groups excluding carboxylic acids is 2. The summed E-state index contributed by atoms with van der Waals surface area (Å²) in [7, 11) is 1.54. The summed E-state index contributed by atoms with van der Waals surface area (Å²) in [6, 6.07) is 14.6. The van der Waals surface area contributed by atoms with Gasteiger partial charge in [-0.25, -0.2) is 4.98 Å². The first-order valence-corrected chi connectivity index (χ1v) is 13.1. The lowest BCUT2D eigenvalue weighted by Crippen LogP contribution is -2.38. The number of carbonyl (C=O) groups is 2. The van der Waals surface area contributed by atoms with E-state index in [1.807, 2.05) is 35.2 Å². The first kappa shape index (κ1) is 25.0. The van der Waals surface area contributed by atoms with Crippen LogP contribution in [0, 0.1) is 6.92 Å². The van der Waals surface area contributed by atoms with Gasteiger partial charge in [-0.2, -0.15) is 0 Å². The molecule has 1 fully saturated rings. The van der Waals surface area contributed by atoms with Crippen molar-refractivity contribution >= 4 is 40.4 Å². The molecule has 1 N–H and O–H groups in total. The molecule has 4 aromatic rings. The van der Waals surface area contributed by atoms with E-state index >= 15 is 0 Å². The molecule has 10 heteroatoms. The number of nitrogens with zero attached hydrogens (tertiary/aromatic N) is 3. The van der Waals surface area contributed by atoms with Gasteiger partial charge < -0.3 is 19.5 Å². The Kier molecular flexibility index (Phi) is 7.25. The van der Waals surface area contributed by atoms with Crippen LogP contribution in [0.2, 0.25) is 5.02 Å². The topological polar surface area (TPSA) is 97.6 Å². The van der Waals surface area contributed by atoms with Gasteiger partial charge in [0.05, 0.1) is 17.1 Å². The number of methoxy groups -OCH3 is 1. The van der Waals surface area contributed by atoms with Gasteiger partial charge in [0.2, 0.25) is 0 Å². The highest BCUT2D eigenvalue weighted by Gasteiger charge is 2.31. The van der Waals surface area contributed by atoms with Crippen LogP contribution in [0.3, 0.4) is 0 Å². The Balaban J connectivity index is 1.22. The van der Waals surface area contributed by atoms with Crippen LogP contribution in [0.1, 0.15) is 50.4 Å². The maximum atomic E-state index is 13.4. The summed E-state index contributed by atoms with van der Waals surface area (Å²) >= 11 is 7.62. The third kappa shape index (κ3) is 5.23. The third-order valence-corrected chi connectivity index (χ3v) is 7.72. The summed E-state index contributed by atoms with van der Waals surface area (Å²) < 4.78 is 10.5. The van der Waals surface area contributed by atoms with E-state index in [2.05, 4.69) is 15.5 Å². The van der Waals surface area contributed by atoms with Crippen molar-refractivity contribution < 1.29 is 18.8 Å². The largest absolute Gasteiger partial charge is 0.495 e. The van der Waals surface area contributed by atoms with Crippen molar-refractivity contribution in [3.05, 3.63) is 81.0 Å². The zero-order valence-corrected chi connectivity index (χ0v) is 21.9. The summed E-state index contributed by atoms with van der Waals surface area (Å²) in [6.45, 7) is 2.95. The highest BCUT2D eigenvalue weighted by atomic mass is 35.5. The molecule has 0 aliphatic carbocycles. The number of rotatable bonds is 6. The first-order valence-electron chi connectivity index (χ1n) is 11.9. The zero-order chi connectivity index (χ0) is 25.9. The second-order valence-electron chi connectivity index (χ2n) is 8.77. The number of benzene rings is 2. The molecule has 37 heavy (non-hydrogen) atoms. The second kappa shape index (κ2) is 10.7. The SMILES string of the molecule is COc1ccc(NC(=O)c2csc(C3CCN(C(=O)c4c(-c5ccccc5)noc4C)CC3)n2)cc1Cl. The molecule has 2 amide bonds. The van der Waals surface area contributed by atoms with E-state index in [1.54, 1.807) is 30.5 Å². The summed E-state index contributed by atoms with van der Waals surface area (Å²) in [4.78, 5) is 32.6. The van der Waals surface area contributed by atoms with Gasteiger partial charge in [0, 0.05) is 35.6 Å². The summed E-state index contributed by atoms with van der Waals surface area (Å²) in [5.41, 5.74) is 2.85. The maximum absolute atomic E-state index is 13.4. The second-order valence-corrected chi connectivity index (χ2v) is 10.1. The molecule has 0 unspecified atom stereocenters. The van der Waals surface area contributed by atoms with Gasteiger partial charge in [-0.15, -0.1) is 11.3 Å². The lowest BCUT2D eigenvalue weighted by atomic mass is 9.96. The Bertz CT molecular complexity index is 1430. The number of ether oxygens (including phenoxy) is 1. The Morgan fingerprint density at radius 3 is 2.62 bits per heavy atom. The van der Waals surface area contributed by atoms with E-state index in [9.17, 15) is 9.59 Å². The van der Waals surface area contributed by atoms with Gasteiger partial charge in [-0.05, 0) is 38.0 Å². The minimum Gasteiger partial charge on any atom is -0.495 e. The van der Waals surface area contributed by atoms with Crippen molar-refractivity contribution in [3.8, 4) is 17.0 Å². The van der Waals surface area contributed by atoms with Gasteiger partial charge in [0.25, 0.3) is 11.8 Å². The average molecular weight is 537 g/mol. The van der Waals surface area contributed by atoms with Crippen molar-refractivity contribution in [1.29, 1.82) is 0 Å². The van der Waals surface area contributed by atoms with Crippen LogP contribution in [-0.4, -0.2) is 47.1 Å². The highest BCUT2D eigenvalue weighted by molar-refractivity contribution is 7.10. The van der Waals surface area contributed by atoms with E-state index in [0.29, 0.717) is 52.3 Å². The summed E-state index contributed by atoms with van der Waals surface area (Å²) in [5, 5.41) is 10.0. The molecule has 2 aromatic carbocycles. The van der Waals surface area contributed by atoms with E-state index in [4.69, 9.17) is 20.9 Å². The monoisotopic (exact) mass is 536 g/mol. The number of hydrogen-bond acceptors (Lipinski definition) is 7. The average Bonchev–Trinajstić information content (AvgIpc) is 3.56. The molecule has 5 rings (SSSR count). The van der Waals surface area contributed by atoms with Crippen molar-refractivity contribution in [2.24, 2.45) is 0 Å². The third-order valence-electron chi connectivity index (χ3n) is 6.42. The van der Waals surface area contributed by atoms with E-state index in [0.717, 1.165) is 23.4 Å². The molecule has 0 bridgehead atoms. The van der Waals surface area contributed by atoms with Crippen LogP contribution >= 0.6 is 22.9 Å². The molecule has 3 heterocycles. The van der Waals surface area contributed by atoms with Gasteiger partial charge >= 0.3 is 0 Å². The van der Waals surface area contributed by atoms with Crippen LogP contribution in [-0.2, 0) is 0 Å². The predicted octanol–water partition coefficient (Wildman–Crippen LogP) is 6.04. The fourth-order valence-corrected chi connectivity index (χ4v) is 5.65.